The molecule has 6 heteroatoms. The van der Waals surface area contributed by atoms with E-state index in [-0.39, 0.29) is 0 Å². The molecule has 0 atom stereocenters. The second-order valence-corrected chi connectivity index (χ2v) is 8.22. The van der Waals surface area contributed by atoms with E-state index in [2.05, 4.69) is 59.2 Å². The maximum atomic E-state index is 5.96. The first-order valence-electron chi connectivity index (χ1n) is 11.8. The second kappa shape index (κ2) is 11.2. The Kier molecular flexibility index (Phi) is 7.83. The van der Waals surface area contributed by atoms with Crippen molar-refractivity contribution >= 4 is 21.8 Å². The topological polar surface area (TPSA) is 101 Å². The zero-order chi connectivity index (χ0) is 23.0. The number of ether oxygens (including phenoxy) is 2. The number of aromatic nitrogens is 1. The first kappa shape index (κ1) is 23.1. The van der Waals surface area contributed by atoms with Crippen LogP contribution in [0.1, 0.15) is 19.3 Å². The van der Waals surface area contributed by atoms with Gasteiger partial charge in [-0.05, 0) is 74.3 Å². The summed E-state index contributed by atoms with van der Waals surface area (Å²) < 4.78 is 14.3. The number of fused-ring (bicyclic) bond motifs is 3. The van der Waals surface area contributed by atoms with Crippen LogP contribution in [0.5, 0.6) is 11.5 Å². The number of nitrogens with two attached hydrogens (primary N) is 3. The Morgan fingerprint density at radius 2 is 1.24 bits per heavy atom. The van der Waals surface area contributed by atoms with E-state index in [1.165, 1.54) is 21.8 Å². The first-order chi connectivity index (χ1) is 16.2. The minimum Gasteiger partial charge on any atom is -0.493 e. The molecule has 0 saturated carbocycles. The molecule has 33 heavy (non-hydrogen) atoms. The molecule has 3 aromatic carbocycles. The molecule has 6 nitrogen and oxygen atoms in total. The third-order valence-electron chi connectivity index (χ3n) is 5.81. The highest BCUT2D eigenvalue weighted by molar-refractivity contribution is 6.09. The predicted molar refractivity (Wildman–Crippen MR) is 137 cm³/mol. The molecule has 4 rings (SSSR count). The molecule has 0 aliphatic rings. The van der Waals surface area contributed by atoms with E-state index in [9.17, 15) is 0 Å². The van der Waals surface area contributed by atoms with Crippen molar-refractivity contribution in [1.29, 1.82) is 0 Å². The van der Waals surface area contributed by atoms with Crippen molar-refractivity contribution in [2.45, 2.75) is 25.8 Å². The molecule has 4 aromatic rings. The summed E-state index contributed by atoms with van der Waals surface area (Å²) in [4.78, 5) is 0. The van der Waals surface area contributed by atoms with Gasteiger partial charge in [-0.25, -0.2) is 0 Å². The average molecular weight is 447 g/mol. The Hall–Kier alpha value is -3.06. The standard InChI is InChI=1S/C27H34N4O2/c28-10-3-13-31-26-7-2-1-6-24(26)25-9-8-20(18-27(25)31)21-16-22(32-14-4-11-29)19-23(17-21)33-15-5-12-30/h1-2,6-9,16-19H,3-5,10-15,28-30H2. The fourth-order valence-corrected chi connectivity index (χ4v) is 4.17. The van der Waals surface area contributed by atoms with E-state index in [1.54, 1.807) is 0 Å². The summed E-state index contributed by atoms with van der Waals surface area (Å²) in [5.41, 5.74) is 21.7. The molecule has 0 amide bonds. The summed E-state index contributed by atoms with van der Waals surface area (Å²) in [6, 6.07) is 21.3. The number of para-hydroxylation sites is 1. The van der Waals surface area contributed by atoms with Gasteiger partial charge in [-0.1, -0.05) is 30.3 Å². The van der Waals surface area contributed by atoms with E-state index in [4.69, 9.17) is 26.7 Å². The van der Waals surface area contributed by atoms with Gasteiger partial charge in [0, 0.05) is 34.4 Å². The fraction of sp³-hybridized carbons (Fsp3) is 0.333. The maximum Gasteiger partial charge on any atom is 0.123 e. The van der Waals surface area contributed by atoms with Gasteiger partial charge in [-0.15, -0.1) is 0 Å². The molecule has 0 fully saturated rings. The zero-order valence-electron chi connectivity index (χ0n) is 19.1. The minimum absolute atomic E-state index is 0.578. The molecule has 0 bridgehead atoms. The number of benzene rings is 3. The molecule has 0 saturated heterocycles. The van der Waals surface area contributed by atoms with Gasteiger partial charge in [-0.3, -0.25) is 0 Å². The molecule has 0 unspecified atom stereocenters. The van der Waals surface area contributed by atoms with Gasteiger partial charge in [0.15, 0.2) is 0 Å². The quantitative estimate of drug-likeness (QED) is 0.282. The Morgan fingerprint density at radius 1 is 0.606 bits per heavy atom. The second-order valence-electron chi connectivity index (χ2n) is 8.22. The van der Waals surface area contributed by atoms with Crippen LogP contribution >= 0.6 is 0 Å². The molecule has 1 aromatic heterocycles. The summed E-state index contributed by atoms with van der Waals surface area (Å²) in [6.07, 6.45) is 2.54. The van der Waals surface area contributed by atoms with Crippen molar-refractivity contribution in [2.75, 3.05) is 32.8 Å². The van der Waals surface area contributed by atoms with E-state index in [1.807, 2.05) is 6.07 Å². The van der Waals surface area contributed by atoms with E-state index < -0.39 is 0 Å². The largest absolute Gasteiger partial charge is 0.493 e. The SMILES string of the molecule is NCCCOc1cc(OCCCN)cc(-c2ccc3c4ccccc4n(CCCN)c3c2)c1. The lowest BCUT2D eigenvalue weighted by atomic mass is 10.0. The van der Waals surface area contributed by atoms with Crippen LogP contribution in [-0.2, 0) is 6.54 Å². The third kappa shape index (κ3) is 5.30. The monoisotopic (exact) mass is 446 g/mol. The van der Waals surface area contributed by atoms with Crippen LogP contribution in [0.15, 0.2) is 60.7 Å². The Balaban J connectivity index is 1.77. The van der Waals surface area contributed by atoms with Crippen molar-refractivity contribution < 1.29 is 9.47 Å². The average Bonchev–Trinajstić information content (AvgIpc) is 3.16. The number of nitrogens with zero attached hydrogens (tertiary/aromatic N) is 1. The molecule has 174 valence electrons. The summed E-state index contributed by atoms with van der Waals surface area (Å²) in [7, 11) is 0. The molecule has 0 aliphatic carbocycles. The maximum absolute atomic E-state index is 5.96. The lowest BCUT2D eigenvalue weighted by molar-refractivity contribution is 0.298. The number of aryl methyl sites for hydroxylation is 1. The van der Waals surface area contributed by atoms with Crippen LogP contribution in [0.4, 0.5) is 0 Å². The molecule has 1 heterocycles. The molecule has 6 N–H and O–H groups in total. The van der Waals surface area contributed by atoms with Crippen LogP contribution < -0.4 is 26.7 Å². The van der Waals surface area contributed by atoms with Crippen molar-refractivity contribution in [2.24, 2.45) is 17.2 Å². The fourth-order valence-electron chi connectivity index (χ4n) is 4.17. The van der Waals surface area contributed by atoms with E-state index >= 15 is 0 Å². The molecule has 0 aliphatic heterocycles. The predicted octanol–water partition coefficient (Wildman–Crippen LogP) is 4.27. The van der Waals surface area contributed by atoms with Gasteiger partial charge in [0.1, 0.15) is 11.5 Å². The van der Waals surface area contributed by atoms with Gasteiger partial charge in [0.2, 0.25) is 0 Å². The smallest absolute Gasteiger partial charge is 0.123 e. The summed E-state index contributed by atoms with van der Waals surface area (Å²) in [6.45, 7) is 3.91. The Morgan fingerprint density at radius 3 is 1.91 bits per heavy atom. The number of rotatable bonds is 12. The Bertz CT molecular complexity index is 1170. The lowest BCUT2D eigenvalue weighted by Crippen LogP contribution is -2.07. The molecule has 0 spiro atoms. The summed E-state index contributed by atoms with van der Waals surface area (Å²) in [5.74, 6) is 1.57. The van der Waals surface area contributed by atoms with Crippen LogP contribution in [0.2, 0.25) is 0 Å². The van der Waals surface area contributed by atoms with Crippen LogP contribution in [0, 0.1) is 0 Å². The zero-order valence-corrected chi connectivity index (χ0v) is 19.1. The van der Waals surface area contributed by atoms with Gasteiger partial charge in [0.25, 0.3) is 0 Å². The highest BCUT2D eigenvalue weighted by Crippen LogP contribution is 2.35. The van der Waals surface area contributed by atoms with Gasteiger partial charge < -0.3 is 31.2 Å². The molecular formula is C27H34N4O2. The lowest BCUT2D eigenvalue weighted by Gasteiger charge is -2.13. The van der Waals surface area contributed by atoms with Crippen molar-refractivity contribution in [3.63, 3.8) is 0 Å². The minimum atomic E-state index is 0.578. The van der Waals surface area contributed by atoms with E-state index in [0.717, 1.165) is 48.4 Å². The number of hydrogen-bond donors (Lipinski definition) is 3. The van der Waals surface area contributed by atoms with E-state index in [0.29, 0.717) is 32.8 Å². The first-order valence-corrected chi connectivity index (χ1v) is 11.8. The van der Waals surface area contributed by atoms with Gasteiger partial charge in [0.05, 0.1) is 13.2 Å². The highest BCUT2D eigenvalue weighted by Gasteiger charge is 2.13. The summed E-state index contributed by atoms with van der Waals surface area (Å²) in [5, 5.41) is 2.52. The Labute approximate surface area is 195 Å². The van der Waals surface area contributed by atoms with Crippen molar-refractivity contribution in [3.8, 4) is 22.6 Å². The molecule has 0 radical (unpaired) electrons. The van der Waals surface area contributed by atoms with Crippen molar-refractivity contribution in [1.82, 2.24) is 4.57 Å². The van der Waals surface area contributed by atoms with Crippen LogP contribution in [0.25, 0.3) is 32.9 Å². The van der Waals surface area contributed by atoms with Crippen molar-refractivity contribution in [3.05, 3.63) is 60.7 Å². The van der Waals surface area contributed by atoms with Crippen LogP contribution in [0.3, 0.4) is 0 Å². The summed E-state index contributed by atoms with van der Waals surface area (Å²) >= 11 is 0. The van der Waals surface area contributed by atoms with Gasteiger partial charge >= 0.3 is 0 Å². The van der Waals surface area contributed by atoms with Gasteiger partial charge in [-0.2, -0.15) is 0 Å². The number of hydrogen-bond acceptors (Lipinski definition) is 5. The van der Waals surface area contributed by atoms with Crippen LogP contribution in [-0.4, -0.2) is 37.4 Å². The molecular weight excluding hydrogens is 412 g/mol. The highest BCUT2D eigenvalue weighted by atomic mass is 16.5. The third-order valence-corrected chi connectivity index (χ3v) is 5.81. The normalized spacial score (nSPS) is 11.4.